The Morgan fingerprint density at radius 1 is 1.12 bits per heavy atom. The molecule has 2 heterocycles. The second kappa shape index (κ2) is 7.40. The van der Waals surface area contributed by atoms with Crippen LogP contribution in [0.4, 0.5) is 0 Å². The van der Waals surface area contributed by atoms with Crippen LogP contribution in [0.1, 0.15) is 32.1 Å². The molecule has 1 saturated carbocycles. The maximum absolute atomic E-state index is 10.9. The van der Waals surface area contributed by atoms with Crippen LogP contribution < -0.4 is 10.1 Å². The van der Waals surface area contributed by atoms with Gasteiger partial charge in [0.05, 0.1) is 12.6 Å². The summed E-state index contributed by atoms with van der Waals surface area (Å²) in [4.78, 5) is 0. The number of nitrogens with one attached hydrogen (secondary N) is 1. The van der Waals surface area contributed by atoms with Gasteiger partial charge in [-0.3, -0.25) is 0 Å². The van der Waals surface area contributed by atoms with Crippen molar-refractivity contribution in [3.05, 3.63) is 30.3 Å². The molecule has 2 bridgehead atoms. The molecule has 2 N–H and O–H groups in total. The first-order chi connectivity index (χ1) is 11.8. The fourth-order valence-electron chi connectivity index (χ4n) is 4.11. The van der Waals surface area contributed by atoms with Crippen LogP contribution in [0, 0.1) is 5.92 Å². The number of fused-ring (bicyclic) bond motifs is 2. The van der Waals surface area contributed by atoms with Crippen LogP contribution in [0.15, 0.2) is 30.3 Å². The second-order valence-electron chi connectivity index (χ2n) is 7.20. The zero-order valence-electron chi connectivity index (χ0n) is 14.0. The summed E-state index contributed by atoms with van der Waals surface area (Å²) in [5.74, 6) is 1.43. The summed E-state index contributed by atoms with van der Waals surface area (Å²) in [6.07, 6.45) is 4.85. The van der Waals surface area contributed by atoms with Crippen molar-refractivity contribution in [2.75, 3.05) is 13.2 Å². The lowest BCUT2D eigenvalue weighted by atomic mass is 9.88. The van der Waals surface area contributed by atoms with Crippen molar-refractivity contribution >= 4 is 0 Å². The number of aliphatic hydroxyl groups is 1. The zero-order chi connectivity index (χ0) is 16.4. The highest BCUT2D eigenvalue weighted by molar-refractivity contribution is 5.22. The number of para-hydroxylation sites is 1. The molecule has 5 heteroatoms. The molecule has 1 aromatic carbocycles. The Labute approximate surface area is 143 Å². The molecule has 5 atom stereocenters. The van der Waals surface area contributed by atoms with E-state index in [0.717, 1.165) is 12.3 Å². The van der Waals surface area contributed by atoms with E-state index in [1.165, 1.54) is 32.1 Å². The lowest BCUT2D eigenvalue weighted by molar-refractivity contribution is -0.194. The summed E-state index contributed by atoms with van der Waals surface area (Å²) in [6.45, 7) is 1.45. The fraction of sp³-hybridized carbons (Fsp3) is 0.684. The van der Waals surface area contributed by atoms with Gasteiger partial charge in [-0.1, -0.05) is 37.5 Å². The van der Waals surface area contributed by atoms with E-state index in [0.29, 0.717) is 12.5 Å². The lowest BCUT2D eigenvalue weighted by Gasteiger charge is -2.39. The quantitative estimate of drug-likeness (QED) is 0.864. The molecule has 132 valence electrons. The highest BCUT2D eigenvalue weighted by atomic mass is 16.7. The summed E-state index contributed by atoms with van der Waals surface area (Å²) < 4.78 is 17.6. The highest BCUT2D eigenvalue weighted by Crippen LogP contribution is 2.32. The molecule has 0 radical (unpaired) electrons. The van der Waals surface area contributed by atoms with Gasteiger partial charge in [0, 0.05) is 0 Å². The lowest BCUT2D eigenvalue weighted by Crippen LogP contribution is -2.61. The summed E-state index contributed by atoms with van der Waals surface area (Å²) in [6, 6.07) is 9.41. The van der Waals surface area contributed by atoms with Crippen LogP contribution in [0.5, 0.6) is 5.75 Å². The van der Waals surface area contributed by atoms with Gasteiger partial charge in [-0.2, -0.15) is 0 Å². The Morgan fingerprint density at radius 3 is 2.71 bits per heavy atom. The molecule has 0 amide bonds. The summed E-state index contributed by atoms with van der Waals surface area (Å²) in [5, 5.41) is 14.4. The van der Waals surface area contributed by atoms with E-state index in [1.807, 2.05) is 30.3 Å². The molecular formula is C19H27NO4. The molecule has 1 aromatic rings. The third-order valence-electron chi connectivity index (χ3n) is 5.49. The van der Waals surface area contributed by atoms with Gasteiger partial charge >= 0.3 is 0 Å². The van der Waals surface area contributed by atoms with Gasteiger partial charge in [0.15, 0.2) is 12.4 Å². The van der Waals surface area contributed by atoms with Crippen molar-refractivity contribution in [1.82, 2.24) is 5.32 Å². The molecule has 5 nitrogen and oxygen atoms in total. The number of hydrogen-bond acceptors (Lipinski definition) is 5. The minimum absolute atomic E-state index is 0.0933. The zero-order valence-corrected chi connectivity index (χ0v) is 14.0. The molecular weight excluding hydrogens is 306 g/mol. The summed E-state index contributed by atoms with van der Waals surface area (Å²) >= 11 is 0. The maximum atomic E-state index is 10.9. The minimum Gasteiger partial charge on any atom is -0.482 e. The Kier molecular flexibility index (Phi) is 5.03. The van der Waals surface area contributed by atoms with Crippen molar-refractivity contribution in [1.29, 1.82) is 0 Å². The summed E-state index contributed by atoms with van der Waals surface area (Å²) in [5.41, 5.74) is 0. The number of benzene rings is 1. The van der Waals surface area contributed by atoms with Gasteiger partial charge in [-0.05, 0) is 37.4 Å². The standard InChI is InChI=1S/C19H27NO4/c21-17-16(20-11-13-7-3-1-4-8-13)15-12-22-19(24-15)18(17)23-14-9-5-2-6-10-14/h2,5-6,9-10,13,15-21H,1,3-4,7-8,11-12H2. The average Bonchev–Trinajstić information content (AvgIpc) is 3.06. The van der Waals surface area contributed by atoms with Crippen LogP contribution in [0.3, 0.4) is 0 Å². The molecule has 2 aliphatic heterocycles. The molecule has 5 unspecified atom stereocenters. The SMILES string of the molecule is OC1C(NCC2CCCCC2)C2COC(O2)C1Oc1ccccc1. The molecule has 0 spiro atoms. The maximum Gasteiger partial charge on any atom is 0.197 e. The predicted molar refractivity (Wildman–Crippen MR) is 89.8 cm³/mol. The van der Waals surface area contributed by atoms with Gasteiger partial charge < -0.3 is 24.6 Å². The Balaban J connectivity index is 1.40. The van der Waals surface area contributed by atoms with E-state index in [4.69, 9.17) is 14.2 Å². The third-order valence-corrected chi connectivity index (χ3v) is 5.49. The van der Waals surface area contributed by atoms with Crippen LogP contribution in [0.2, 0.25) is 0 Å². The second-order valence-corrected chi connectivity index (χ2v) is 7.20. The van der Waals surface area contributed by atoms with E-state index in [-0.39, 0.29) is 12.1 Å². The Morgan fingerprint density at radius 2 is 1.92 bits per heavy atom. The van der Waals surface area contributed by atoms with Crippen molar-refractivity contribution in [2.24, 2.45) is 5.92 Å². The predicted octanol–water partition coefficient (Wildman–Crippen LogP) is 2.09. The first-order valence-electron chi connectivity index (χ1n) is 9.21. The van der Waals surface area contributed by atoms with E-state index in [9.17, 15) is 5.11 Å². The van der Waals surface area contributed by atoms with Crippen molar-refractivity contribution in [2.45, 2.75) is 62.7 Å². The molecule has 1 aliphatic carbocycles. The van der Waals surface area contributed by atoms with Crippen LogP contribution in [0.25, 0.3) is 0 Å². The van der Waals surface area contributed by atoms with Gasteiger partial charge in [0.25, 0.3) is 0 Å². The van der Waals surface area contributed by atoms with Crippen molar-refractivity contribution in [3.63, 3.8) is 0 Å². The molecule has 24 heavy (non-hydrogen) atoms. The molecule has 0 aromatic heterocycles. The molecule has 3 fully saturated rings. The first kappa shape index (κ1) is 16.3. The summed E-state index contributed by atoms with van der Waals surface area (Å²) in [7, 11) is 0. The fourth-order valence-corrected chi connectivity index (χ4v) is 4.11. The highest BCUT2D eigenvalue weighted by Gasteiger charge is 2.51. The number of aliphatic hydroxyl groups excluding tert-OH is 1. The number of rotatable bonds is 5. The van der Waals surface area contributed by atoms with E-state index in [2.05, 4.69) is 5.32 Å². The van der Waals surface area contributed by atoms with Crippen LogP contribution in [-0.2, 0) is 9.47 Å². The monoisotopic (exact) mass is 333 g/mol. The largest absolute Gasteiger partial charge is 0.482 e. The van der Waals surface area contributed by atoms with E-state index >= 15 is 0 Å². The molecule has 2 saturated heterocycles. The van der Waals surface area contributed by atoms with Gasteiger partial charge in [0.1, 0.15) is 18.0 Å². The normalized spacial score (nSPS) is 36.6. The van der Waals surface area contributed by atoms with Gasteiger partial charge in [0.2, 0.25) is 0 Å². The average molecular weight is 333 g/mol. The smallest absolute Gasteiger partial charge is 0.197 e. The van der Waals surface area contributed by atoms with Crippen LogP contribution in [-0.4, -0.2) is 48.9 Å². The molecule has 3 aliphatic rings. The van der Waals surface area contributed by atoms with E-state index < -0.39 is 18.5 Å². The number of ether oxygens (including phenoxy) is 3. The molecule has 4 rings (SSSR count). The van der Waals surface area contributed by atoms with E-state index in [1.54, 1.807) is 0 Å². The Bertz CT molecular complexity index is 519. The topological polar surface area (TPSA) is 60.0 Å². The first-order valence-corrected chi connectivity index (χ1v) is 9.21. The Hall–Kier alpha value is -1.14. The number of hydrogen-bond donors (Lipinski definition) is 2. The van der Waals surface area contributed by atoms with Gasteiger partial charge in [-0.25, -0.2) is 0 Å². The van der Waals surface area contributed by atoms with Crippen LogP contribution >= 0.6 is 0 Å². The van der Waals surface area contributed by atoms with Crippen molar-refractivity contribution in [3.8, 4) is 5.75 Å². The third kappa shape index (κ3) is 3.45. The minimum atomic E-state index is -0.639. The van der Waals surface area contributed by atoms with Crippen molar-refractivity contribution < 1.29 is 19.3 Å². The van der Waals surface area contributed by atoms with Gasteiger partial charge in [-0.15, -0.1) is 0 Å².